The van der Waals surface area contributed by atoms with Gasteiger partial charge in [-0.05, 0) is 19.3 Å². The molecule has 1 rings (SSSR count). The number of hydrogen-bond acceptors (Lipinski definition) is 3. The molecule has 4 heteroatoms. The van der Waals surface area contributed by atoms with E-state index in [1.165, 1.54) is 0 Å². The second kappa shape index (κ2) is 4.94. The van der Waals surface area contributed by atoms with Crippen molar-refractivity contribution in [2.24, 2.45) is 5.92 Å². The third kappa shape index (κ3) is 3.80. The molecule has 0 radical (unpaired) electrons. The van der Waals surface area contributed by atoms with Crippen molar-refractivity contribution in [3.8, 4) is 0 Å². The summed E-state index contributed by atoms with van der Waals surface area (Å²) >= 11 is 0. The lowest BCUT2D eigenvalue weighted by Crippen LogP contribution is -2.70. The number of hydrogen-bond donors (Lipinski definition) is 3. The van der Waals surface area contributed by atoms with Gasteiger partial charge < -0.3 is 15.7 Å². The summed E-state index contributed by atoms with van der Waals surface area (Å²) in [7, 11) is 0. The average Bonchev–Trinajstić information content (AvgIpc) is 1.97. The van der Waals surface area contributed by atoms with Crippen molar-refractivity contribution >= 4 is 5.97 Å². The van der Waals surface area contributed by atoms with E-state index in [0.717, 1.165) is 19.5 Å². The fourth-order valence-electron chi connectivity index (χ4n) is 2.28. The molecule has 1 aliphatic heterocycles. The Morgan fingerprint density at radius 2 is 2.07 bits per heavy atom. The van der Waals surface area contributed by atoms with Crippen molar-refractivity contribution in [1.29, 1.82) is 0 Å². The van der Waals surface area contributed by atoms with Crippen LogP contribution in [0.15, 0.2) is 0 Å². The minimum Gasteiger partial charge on any atom is -0.481 e. The molecule has 4 nitrogen and oxygen atoms in total. The lowest BCUT2D eigenvalue weighted by molar-refractivity contribution is -0.139. The predicted molar refractivity (Wildman–Crippen MR) is 59.9 cm³/mol. The van der Waals surface area contributed by atoms with Crippen molar-refractivity contribution in [3.05, 3.63) is 0 Å². The van der Waals surface area contributed by atoms with E-state index in [9.17, 15) is 4.79 Å². The van der Waals surface area contributed by atoms with Crippen LogP contribution >= 0.6 is 0 Å². The summed E-state index contributed by atoms with van der Waals surface area (Å²) in [5, 5.41) is 15.4. The van der Waals surface area contributed by atoms with E-state index in [0.29, 0.717) is 12.0 Å². The largest absolute Gasteiger partial charge is 0.481 e. The standard InChI is InChI=1S/C11H22N2O2/c1-8(2)4-9(3)13-11(5-10(14)15)6-12-7-11/h8-9,12-13H,4-7H2,1-3H3,(H,14,15). The molecule has 15 heavy (non-hydrogen) atoms. The van der Waals surface area contributed by atoms with E-state index in [-0.39, 0.29) is 12.0 Å². The average molecular weight is 214 g/mol. The molecule has 0 bridgehead atoms. The van der Waals surface area contributed by atoms with Crippen LogP contribution in [0.2, 0.25) is 0 Å². The molecule has 1 fully saturated rings. The maximum absolute atomic E-state index is 10.7. The first-order chi connectivity index (χ1) is 6.93. The summed E-state index contributed by atoms with van der Waals surface area (Å²) in [6, 6.07) is 0.381. The molecule has 0 saturated carbocycles. The van der Waals surface area contributed by atoms with Crippen molar-refractivity contribution in [2.75, 3.05) is 13.1 Å². The molecular weight excluding hydrogens is 192 g/mol. The molecule has 0 amide bonds. The van der Waals surface area contributed by atoms with Crippen LogP contribution in [-0.2, 0) is 4.79 Å². The number of rotatable bonds is 6. The second-order valence-electron chi connectivity index (χ2n) is 5.13. The number of carboxylic acid groups (broad SMARTS) is 1. The van der Waals surface area contributed by atoms with Crippen LogP contribution < -0.4 is 10.6 Å². The zero-order valence-corrected chi connectivity index (χ0v) is 9.84. The van der Waals surface area contributed by atoms with E-state index in [4.69, 9.17) is 5.11 Å². The van der Waals surface area contributed by atoms with Gasteiger partial charge in [0.15, 0.2) is 0 Å². The predicted octanol–water partition coefficient (Wildman–Crippen LogP) is 0.827. The Hall–Kier alpha value is -0.610. The first-order valence-corrected chi connectivity index (χ1v) is 5.64. The summed E-state index contributed by atoms with van der Waals surface area (Å²) in [4.78, 5) is 10.7. The molecule has 0 spiro atoms. The second-order valence-corrected chi connectivity index (χ2v) is 5.13. The normalized spacial score (nSPS) is 21.1. The topological polar surface area (TPSA) is 61.4 Å². The zero-order chi connectivity index (χ0) is 11.5. The van der Waals surface area contributed by atoms with Crippen LogP contribution in [-0.4, -0.2) is 35.7 Å². The van der Waals surface area contributed by atoms with E-state index < -0.39 is 5.97 Å². The zero-order valence-electron chi connectivity index (χ0n) is 9.84. The highest BCUT2D eigenvalue weighted by molar-refractivity contribution is 5.68. The van der Waals surface area contributed by atoms with Crippen molar-refractivity contribution in [3.63, 3.8) is 0 Å². The van der Waals surface area contributed by atoms with Gasteiger partial charge in [0.2, 0.25) is 0 Å². The van der Waals surface area contributed by atoms with Gasteiger partial charge in [0, 0.05) is 19.1 Å². The fraction of sp³-hybridized carbons (Fsp3) is 0.909. The Morgan fingerprint density at radius 3 is 2.40 bits per heavy atom. The molecule has 1 saturated heterocycles. The van der Waals surface area contributed by atoms with Crippen molar-refractivity contribution in [1.82, 2.24) is 10.6 Å². The minimum absolute atomic E-state index is 0.208. The molecule has 1 heterocycles. The van der Waals surface area contributed by atoms with Gasteiger partial charge in [-0.3, -0.25) is 4.79 Å². The molecule has 1 unspecified atom stereocenters. The summed E-state index contributed by atoms with van der Waals surface area (Å²) < 4.78 is 0. The van der Waals surface area contributed by atoms with Crippen molar-refractivity contribution < 1.29 is 9.90 Å². The number of carbonyl (C=O) groups is 1. The molecule has 1 atom stereocenters. The number of aliphatic carboxylic acids is 1. The summed E-state index contributed by atoms with van der Waals surface area (Å²) in [6.45, 7) is 8.02. The van der Waals surface area contributed by atoms with Crippen LogP contribution in [0.4, 0.5) is 0 Å². The van der Waals surface area contributed by atoms with E-state index in [1.54, 1.807) is 0 Å². The summed E-state index contributed by atoms with van der Waals surface area (Å²) in [6.07, 6.45) is 1.30. The lowest BCUT2D eigenvalue weighted by Gasteiger charge is -2.44. The van der Waals surface area contributed by atoms with E-state index in [1.807, 2.05) is 0 Å². The fourth-order valence-corrected chi connectivity index (χ4v) is 2.28. The highest BCUT2D eigenvalue weighted by Crippen LogP contribution is 2.18. The molecule has 0 aromatic rings. The van der Waals surface area contributed by atoms with Crippen molar-refractivity contribution in [2.45, 2.75) is 45.2 Å². The Labute approximate surface area is 91.4 Å². The van der Waals surface area contributed by atoms with Crippen LogP contribution in [0.3, 0.4) is 0 Å². The summed E-state index contributed by atoms with van der Waals surface area (Å²) in [5.74, 6) is -0.0804. The third-order valence-electron chi connectivity index (χ3n) is 2.79. The molecule has 88 valence electrons. The van der Waals surface area contributed by atoms with Crippen LogP contribution in [0.5, 0.6) is 0 Å². The molecule has 0 aliphatic carbocycles. The van der Waals surface area contributed by atoms with Gasteiger partial charge >= 0.3 is 5.97 Å². The van der Waals surface area contributed by atoms with E-state index >= 15 is 0 Å². The first-order valence-electron chi connectivity index (χ1n) is 5.64. The Balaban J connectivity index is 2.42. The highest BCUT2D eigenvalue weighted by Gasteiger charge is 2.39. The smallest absolute Gasteiger partial charge is 0.305 e. The Morgan fingerprint density at radius 1 is 1.47 bits per heavy atom. The number of carboxylic acids is 1. The van der Waals surface area contributed by atoms with Gasteiger partial charge in [0.1, 0.15) is 0 Å². The third-order valence-corrected chi connectivity index (χ3v) is 2.79. The molecule has 0 aromatic heterocycles. The molecule has 3 N–H and O–H groups in total. The van der Waals surface area contributed by atoms with E-state index in [2.05, 4.69) is 31.4 Å². The monoisotopic (exact) mass is 214 g/mol. The van der Waals surface area contributed by atoms with Gasteiger partial charge in [-0.25, -0.2) is 0 Å². The highest BCUT2D eigenvalue weighted by atomic mass is 16.4. The van der Waals surface area contributed by atoms with Gasteiger partial charge in [0.05, 0.1) is 12.0 Å². The lowest BCUT2D eigenvalue weighted by atomic mass is 9.87. The van der Waals surface area contributed by atoms with Crippen LogP contribution in [0, 0.1) is 5.92 Å². The SMILES string of the molecule is CC(C)CC(C)NC1(CC(=O)O)CNC1. The van der Waals surface area contributed by atoms with Crippen LogP contribution in [0.1, 0.15) is 33.6 Å². The Bertz CT molecular complexity index is 225. The molecule has 0 aromatic carbocycles. The van der Waals surface area contributed by atoms with Gasteiger partial charge in [-0.15, -0.1) is 0 Å². The van der Waals surface area contributed by atoms with Gasteiger partial charge in [-0.2, -0.15) is 0 Å². The van der Waals surface area contributed by atoms with Crippen LogP contribution in [0.25, 0.3) is 0 Å². The quantitative estimate of drug-likeness (QED) is 0.613. The maximum atomic E-state index is 10.7. The number of nitrogens with one attached hydrogen (secondary N) is 2. The molecule has 1 aliphatic rings. The maximum Gasteiger partial charge on any atom is 0.305 e. The Kier molecular flexibility index (Phi) is 4.11. The summed E-state index contributed by atoms with van der Waals surface area (Å²) in [5.41, 5.74) is -0.208. The first kappa shape index (κ1) is 12.5. The van der Waals surface area contributed by atoms with Gasteiger partial charge in [-0.1, -0.05) is 13.8 Å². The minimum atomic E-state index is -0.722. The molecular formula is C11H22N2O2. The van der Waals surface area contributed by atoms with Gasteiger partial charge in [0.25, 0.3) is 0 Å².